The highest BCUT2D eigenvalue weighted by Gasteiger charge is 2.21. The third-order valence-electron chi connectivity index (χ3n) is 9.09. The first-order chi connectivity index (χ1) is 34.1. The van der Waals surface area contributed by atoms with Crippen molar-refractivity contribution >= 4 is 65.4 Å². The van der Waals surface area contributed by atoms with Crippen molar-refractivity contribution in [3.8, 4) is 28.2 Å². The molecule has 0 saturated heterocycles. The fraction of sp³-hybridized carbons (Fsp3) is 0. The molecule has 0 aliphatic heterocycles. The van der Waals surface area contributed by atoms with Crippen LogP contribution >= 0.6 is 0 Å². The molecule has 0 radical (unpaired) electrons. The summed E-state index contributed by atoms with van der Waals surface area (Å²) in [5.74, 6) is 0. The summed E-state index contributed by atoms with van der Waals surface area (Å²) in [7, 11) is 0. The zero-order valence-electron chi connectivity index (χ0n) is 47.1. The Morgan fingerprint density at radius 1 is 0.314 bits per heavy atom. The largest absolute Gasteiger partial charge is 0.309 e. The lowest BCUT2D eigenvalue weighted by Crippen LogP contribution is -1.95. The second-order valence-corrected chi connectivity index (χ2v) is 11.7. The maximum Gasteiger partial charge on any atom is 0.0652 e. The van der Waals surface area contributed by atoms with Gasteiger partial charge in [-0.1, -0.05) is 115 Å². The van der Waals surface area contributed by atoms with E-state index in [1.165, 1.54) is 9.13 Å². The standard InChI is InChI=1S/C48H31N3/c1-3-15-32(16-4-1)49-41-24-10-7-19-35(41)40-31-34(29-30-44(40)49)51-43-26-12-9-21-39(43)48-37(23-14-28-46(48)51)36-22-13-27-45-47(36)38-20-8-11-25-42(38)50(45)33-17-5-2-6-18-33/h1-31H/i7D,8D,9D,10D,11D,12D,13D,14D,19D,20D,21D,22D,23D,24D,25D,26D,27D,28D,29D,30D,31D. The molecule has 8 aromatic carbocycles. The highest BCUT2D eigenvalue weighted by molar-refractivity contribution is 6.22. The Morgan fingerprint density at radius 2 is 0.725 bits per heavy atom. The number of rotatable bonds is 4. The second kappa shape index (κ2) is 10.8. The maximum atomic E-state index is 10.0. The van der Waals surface area contributed by atoms with E-state index in [2.05, 4.69) is 0 Å². The van der Waals surface area contributed by atoms with Crippen LogP contribution in [-0.2, 0) is 0 Å². The zero-order valence-corrected chi connectivity index (χ0v) is 26.1. The van der Waals surface area contributed by atoms with E-state index in [0.717, 1.165) is 4.57 Å². The van der Waals surface area contributed by atoms with Gasteiger partial charge in [-0.3, -0.25) is 0 Å². The highest BCUT2D eigenvalue weighted by atomic mass is 15.0. The van der Waals surface area contributed by atoms with Gasteiger partial charge >= 0.3 is 0 Å². The van der Waals surface area contributed by atoms with Gasteiger partial charge in [0.2, 0.25) is 0 Å². The number of hydrogen-bond donors (Lipinski definition) is 0. The van der Waals surface area contributed by atoms with Crippen molar-refractivity contribution in [3.05, 3.63) is 188 Å². The molecule has 238 valence electrons. The number of para-hydroxylation sites is 5. The molecular weight excluding hydrogens is 619 g/mol. The van der Waals surface area contributed by atoms with Crippen LogP contribution in [0.15, 0.2) is 188 Å². The van der Waals surface area contributed by atoms with Crippen LogP contribution in [0.4, 0.5) is 0 Å². The quantitative estimate of drug-likeness (QED) is 0.177. The zero-order chi connectivity index (χ0) is 51.7. The molecule has 3 aromatic heterocycles. The number of fused-ring (bicyclic) bond motifs is 9. The fourth-order valence-corrected chi connectivity index (χ4v) is 7.03. The lowest BCUT2D eigenvalue weighted by Gasteiger charge is -2.11. The Hall–Kier alpha value is -6.84. The summed E-state index contributed by atoms with van der Waals surface area (Å²) in [4.78, 5) is 0. The number of nitrogens with zero attached hydrogens (tertiary/aromatic N) is 3. The topological polar surface area (TPSA) is 14.8 Å². The van der Waals surface area contributed by atoms with Crippen LogP contribution in [0.2, 0.25) is 0 Å². The van der Waals surface area contributed by atoms with Crippen molar-refractivity contribution in [1.29, 1.82) is 0 Å². The van der Waals surface area contributed by atoms with Crippen LogP contribution in [-0.4, -0.2) is 13.7 Å². The molecule has 3 nitrogen and oxygen atoms in total. The fourth-order valence-electron chi connectivity index (χ4n) is 7.03. The molecular formula is C48H31N3. The SMILES string of the molecule is [2H]c1c([2H])c([2H])c2c(c1[2H])c1c([2H])c(-n3c4c([2H])c([2H])c([2H])c([2H])c4c4c(-c5c([2H])c([2H])c([2H])c6c5c5c([2H])c([2H])c([2H])c([2H])c5n6-c5ccccc5)c([2H])c([2H])c([2H])c43)c([2H])c([2H])c1n2-c1ccccc1. The lowest BCUT2D eigenvalue weighted by atomic mass is 9.95. The summed E-state index contributed by atoms with van der Waals surface area (Å²) in [6.07, 6.45) is 0. The van der Waals surface area contributed by atoms with Gasteiger partial charge in [0.05, 0.1) is 61.9 Å². The van der Waals surface area contributed by atoms with Crippen LogP contribution in [0.5, 0.6) is 0 Å². The second-order valence-electron chi connectivity index (χ2n) is 11.7. The Labute approximate surface area is 324 Å². The van der Waals surface area contributed by atoms with Crippen molar-refractivity contribution in [3.63, 3.8) is 0 Å². The van der Waals surface area contributed by atoms with Gasteiger partial charge in [0.15, 0.2) is 0 Å². The minimum atomic E-state index is -0.889. The lowest BCUT2D eigenvalue weighted by molar-refractivity contribution is 1.17. The first kappa shape index (κ1) is 14.6. The van der Waals surface area contributed by atoms with Crippen LogP contribution in [0.3, 0.4) is 0 Å². The third-order valence-corrected chi connectivity index (χ3v) is 9.09. The normalized spacial score (nSPS) is 17.7. The van der Waals surface area contributed by atoms with Gasteiger partial charge in [0, 0.05) is 49.4 Å². The van der Waals surface area contributed by atoms with Gasteiger partial charge in [-0.25, -0.2) is 0 Å². The molecule has 51 heavy (non-hydrogen) atoms. The van der Waals surface area contributed by atoms with Gasteiger partial charge in [-0.15, -0.1) is 0 Å². The first-order valence-corrected chi connectivity index (χ1v) is 15.8. The third kappa shape index (κ3) is 4.00. The van der Waals surface area contributed by atoms with Crippen molar-refractivity contribution in [2.24, 2.45) is 0 Å². The maximum absolute atomic E-state index is 10.0. The first-order valence-electron chi connectivity index (χ1n) is 26.3. The molecule has 3 heterocycles. The monoisotopic (exact) mass is 670 g/mol. The number of aromatic nitrogens is 3. The predicted octanol–water partition coefficient (Wildman–Crippen LogP) is 12.6. The molecule has 0 N–H and O–H groups in total. The summed E-state index contributed by atoms with van der Waals surface area (Å²) >= 11 is 0. The van der Waals surface area contributed by atoms with Crippen molar-refractivity contribution in [2.75, 3.05) is 0 Å². The van der Waals surface area contributed by atoms with Crippen LogP contribution in [0.25, 0.3) is 93.6 Å². The Balaban J connectivity index is 1.44. The molecule has 0 amide bonds. The molecule has 0 aliphatic carbocycles. The predicted molar refractivity (Wildman–Crippen MR) is 215 cm³/mol. The molecule has 0 atom stereocenters. The summed E-state index contributed by atoms with van der Waals surface area (Å²) in [5.41, 5.74) is -2.84. The Morgan fingerprint density at radius 3 is 1.27 bits per heavy atom. The van der Waals surface area contributed by atoms with Crippen LogP contribution in [0, 0.1) is 0 Å². The summed E-state index contributed by atoms with van der Waals surface area (Å²) in [6.45, 7) is 0. The van der Waals surface area contributed by atoms with Crippen LogP contribution in [0.1, 0.15) is 28.8 Å². The highest BCUT2D eigenvalue weighted by Crippen LogP contribution is 2.44. The molecule has 0 unspecified atom stereocenters. The van der Waals surface area contributed by atoms with E-state index in [0.29, 0.717) is 5.69 Å². The van der Waals surface area contributed by atoms with E-state index >= 15 is 0 Å². The molecule has 11 aromatic rings. The minimum absolute atomic E-state index is 0.149. The van der Waals surface area contributed by atoms with Gasteiger partial charge in [0.25, 0.3) is 0 Å². The van der Waals surface area contributed by atoms with E-state index in [9.17, 15) is 16.4 Å². The minimum Gasteiger partial charge on any atom is -0.309 e. The van der Waals surface area contributed by atoms with E-state index < -0.39 is 166 Å². The van der Waals surface area contributed by atoms with Crippen molar-refractivity contribution < 1.29 is 28.8 Å². The van der Waals surface area contributed by atoms with Crippen LogP contribution < -0.4 is 0 Å². The molecule has 0 spiro atoms. The van der Waals surface area contributed by atoms with E-state index in [-0.39, 0.29) is 49.3 Å². The van der Waals surface area contributed by atoms with E-state index in [1.54, 1.807) is 60.7 Å². The molecule has 0 aliphatic rings. The molecule has 0 saturated carbocycles. The van der Waals surface area contributed by atoms with E-state index in [1.807, 2.05) is 0 Å². The van der Waals surface area contributed by atoms with Gasteiger partial charge < -0.3 is 13.7 Å². The molecule has 0 fully saturated rings. The van der Waals surface area contributed by atoms with Crippen molar-refractivity contribution in [1.82, 2.24) is 13.7 Å². The van der Waals surface area contributed by atoms with Gasteiger partial charge in [-0.2, -0.15) is 0 Å². The molecule has 3 heteroatoms. The number of benzene rings is 8. The summed E-state index contributed by atoms with van der Waals surface area (Å²) in [5, 5.41) is -1.93. The van der Waals surface area contributed by atoms with Crippen molar-refractivity contribution in [2.45, 2.75) is 0 Å². The Kier molecular flexibility index (Phi) is 3.09. The van der Waals surface area contributed by atoms with E-state index in [4.69, 9.17) is 12.3 Å². The number of hydrogen-bond acceptors (Lipinski definition) is 0. The smallest absolute Gasteiger partial charge is 0.0652 e. The molecule has 0 bridgehead atoms. The van der Waals surface area contributed by atoms with Gasteiger partial charge in [-0.05, 0) is 83.7 Å². The van der Waals surface area contributed by atoms with Gasteiger partial charge in [0.1, 0.15) is 0 Å². The summed E-state index contributed by atoms with van der Waals surface area (Å²) in [6, 6.07) is 1.18. The average Bonchev–Trinajstić information content (AvgIpc) is 4.05. The molecule has 11 rings (SSSR count). The Bertz CT molecular complexity index is 4330. The average molecular weight is 671 g/mol. The summed E-state index contributed by atoms with van der Waals surface area (Å²) < 4.78 is 198.